The molecule has 0 aliphatic rings. The van der Waals surface area contributed by atoms with E-state index in [0.29, 0.717) is 0 Å². The Hall–Kier alpha value is 0.480. The summed E-state index contributed by atoms with van der Waals surface area (Å²) in [6.45, 7) is 4.54. The van der Waals surface area contributed by atoms with E-state index in [0.717, 1.165) is 10.2 Å². The van der Waals surface area contributed by atoms with Crippen molar-refractivity contribution in [1.29, 1.82) is 0 Å². The lowest BCUT2D eigenvalue weighted by Gasteiger charge is -2.04. The smallest absolute Gasteiger partial charge is 0.199 e. The molecule has 0 N–H and O–H groups in total. The van der Waals surface area contributed by atoms with Gasteiger partial charge in [-0.15, -0.1) is 0 Å². The third-order valence-electron chi connectivity index (χ3n) is 4.05. The Bertz CT molecular complexity index is 397. The van der Waals surface area contributed by atoms with Crippen LogP contribution in [0.2, 0.25) is 0 Å². The van der Waals surface area contributed by atoms with E-state index in [2.05, 4.69) is 23.8 Å². The second-order valence-corrected chi connectivity index (χ2v) is 11.3. The predicted octanol–water partition coefficient (Wildman–Crippen LogP) is 8.68. The molecule has 0 spiro atoms. The maximum Gasteiger partial charge on any atom is 0.199 e. The molecule has 1 aromatic heterocycles. The van der Waals surface area contributed by atoms with Gasteiger partial charge in [-0.3, -0.25) is 0 Å². The van der Waals surface area contributed by atoms with Crippen molar-refractivity contribution in [2.24, 2.45) is 0 Å². The Kier molecular flexibility index (Phi) is 17.8. The minimum absolute atomic E-state index is 0.908. The van der Waals surface area contributed by atoms with Crippen LogP contribution in [-0.2, 0) is 0 Å². The topological polar surface area (TPSA) is 25.8 Å². The molecule has 1 rings (SSSR count). The number of rotatable bonds is 18. The molecular weight excluding hydrogens is 397 g/mol. The summed E-state index contributed by atoms with van der Waals surface area (Å²) in [5.74, 6) is 2.42. The first-order valence-electron chi connectivity index (χ1n) is 10.3. The fourth-order valence-electron chi connectivity index (χ4n) is 2.49. The van der Waals surface area contributed by atoms with Gasteiger partial charge in [0.1, 0.15) is 5.03 Å². The molecule has 0 aliphatic carbocycles. The fourth-order valence-corrected chi connectivity index (χ4v) is 6.47. The Balaban J connectivity index is 2.03. The summed E-state index contributed by atoms with van der Waals surface area (Å²) in [6.07, 6.45) is 18.3. The van der Waals surface area contributed by atoms with Gasteiger partial charge >= 0.3 is 0 Å². The molecule has 0 aromatic carbocycles. The van der Waals surface area contributed by atoms with Crippen molar-refractivity contribution in [3.8, 4) is 0 Å². The minimum atomic E-state index is 0.908. The predicted molar refractivity (Wildman–Crippen MR) is 125 cm³/mol. The normalized spacial score (nSPS) is 11.2. The summed E-state index contributed by atoms with van der Waals surface area (Å²) in [7, 11) is 7.36. The van der Waals surface area contributed by atoms with Gasteiger partial charge < -0.3 is 0 Å². The number of hydrogen-bond donors (Lipinski definition) is 0. The van der Waals surface area contributed by atoms with Crippen LogP contribution in [0.15, 0.2) is 22.4 Å². The maximum atomic E-state index is 4.66. The van der Waals surface area contributed by atoms with Crippen molar-refractivity contribution in [3.05, 3.63) is 12.3 Å². The van der Waals surface area contributed by atoms with Crippen LogP contribution in [0.25, 0.3) is 0 Å². The van der Waals surface area contributed by atoms with Gasteiger partial charge in [0.25, 0.3) is 0 Å². The van der Waals surface area contributed by atoms with Gasteiger partial charge in [-0.05, 0) is 40.5 Å². The largest absolute Gasteiger partial charge is 0.230 e. The SMILES string of the molecule is CCCCCCCCSSc1ccnc(SSCCCCCCCC)n1. The first-order valence-corrected chi connectivity index (χ1v) is 14.9. The highest BCUT2D eigenvalue weighted by Crippen LogP contribution is 2.34. The number of nitrogens with zero attached hydrogens (tertiary/aromatic N) is 2. The Morgan fingerprint density at radius 3 is 1.85 bits per heavy atom. The summed E-state index contributed by atoms with van der Waals surface area (Å²) in [4.78, 5) is 9.05. The van der Waals surface area contributed by atoms with Gasteiger partial charge in [-0.1, -0.05) is 99.6 Å². The third-order valence-corrected chi connectivity index (χ3v) is 8.61. The number of hydrogen-bond acceptors (Lipinski definition) is 6. The molecular formula is C20H36N2S4. The molecule has 0 amide bonds. The van der Waals surface area contributed by atoms with Gasteiger partial charge in [0, 0.05) is 17.7 Å². The average Bonchev–Trinajstić information content (AvgIpc) is 2.66. The molecule has 0 aliphatic heterocycles. The van der Waals surface area contributed by atoms with E-state index < -0.39 is 0 Å². The van der Waals surface area contributed by atoms with Crippen LogP contribution < -0.4 is 0 Å². The van der Waals surface area contributed by atoms with Crippen LogP contribution in [0.4, 0.5) is 0 Å². The summed E-state index contributed by atoms with van der Waals surface area (Å²) in [6, 6.07) is 2.03. The second kappa shape index (κ2) is 18.8. The molecule has 1 aromatic rings. The van der Waals surface area contributed by atoms with Crippen LogP contribution in [0.5, 0.6) is 0 Å². The molecule has 6 heteroatoms. The molecule has 26 heavy (non-hydrogen) atoms. The van der Waals surface area contributed by atoms with E-state index in [4.69, 9.17) is 0 Å². The van der Waals surface area contributed by atoms with Crippen molar-refractivity contribution in [1.82, 2.24) is 9.97 Å². The van der Waals surface area contributed by atoms with Gasteiger partial charge in [0.15, 0.2) is 5.16 Å². The van der Waals surface area contributed by atoms with E-state index in [-0.39, 0.29) is 0 Å². The van der Waals surface area contributed by atoms with E-state index in [9.17, 15) is 0 Å². The van der Waals surface area contributed by atoms with Crippen molar-refractivity contribution in [3.63, 3.8) is 0 Å². The maximum absolute atomic E-state index is 4.66. The van der Waals surface area contributed by atoms with E-state index in [1.807, 2.05) is 33.9 Å². The van der Waals surface area contributed by atoms with E-state index in [1.54, 1.807) is 21.6 Å². The van der Waals surface area contributed by atoms with Gasteiger partial charge in [0.2, 0.25) is 0 Å². The summed E-state index contributed by atoms with van der Waals surface area (Å²) in [5.41, 5.74) is 0. The van der Waals surface area contributed by atoms with Crippen molar-refractivity contribution in [2.45, 2.75) is 101 Å². The second-order valence-electron chi connectivity index (χ2n) is 6.52. The van der Waals surface area contributed by atoms with E-state index in [1.165, 1.54) is 88.6 Å². The molecule has 2 nitrogen and oxygen atoms in total. The highest BCUT2D eigenvalue weighted by Gasteiger charge is 2.02. The Labute approximate surface area is 177 Å². The van der Waals surface area contributed by atoms with Crippen LogP contribution >= 0.6 is 43.2 Å². The zero-order valence-corrected chi connectivity index (χ0v) is 19.8. The molecule has 1 heterocycles. The third kappa shape index (κ3) is 14.5. The van der Waals surface area contributed by atoms with E-state index >= 15 is 0 Å². The number of unbranched alkanes of at least 4 members (excludes halogenated alkanes) is 10. The standard InChI is InChI=1S/C20H36N2S4/c1-3-5-7-9-11-13-17-23-25-19-15-16-21-20(22-19)26-24-18-14-12-10-8-6-4-2/h15-16H,3-14,17-18H2,1-2H3. The minimum Gasteiger partial charge on any atom is -0.230 e. The molecule has 150 valence electrons. The molecule has 0 radical (unpaired) electrons. The Morgan fingerprint density at radius 1 is 0.692 bits per heavy atom. The lowest BCUT2D eigenvalue weighted by molar-refractivity contribution is 0.627. The first-order chi connectivity index (χ1) is 12.9. The highest BCUT2D eigenvalue weighted by atomic mass is 33.1. The summed E-state index contributed by atoms with van der Waals surface area (Å²) in [5, 5.41) is 2.00. The fraction of sp³-hybridized carbons (Fsp3) is 0.800. The molecule has 0 fully saturated rings. The molecule has 0 saturated carbocycles. The monoisotopic (exact) mass is 432 g/mol. The van der Waals surface area contributed by atoms with Crippen LogP contribution in [0.3, 0.4) is 0 Å². The zero-order chi connectivity index (χ0) is 18.7. The van der Waals surface area contributed by atoms with Gasteiger partial charge in [-0.25, -0.2) is 9.97 Å². The lowest BCUT2D eigenvalue weighted by atomic mass is 10.1. The lowest BCUT2D eigenvalue weighted by Crippen LogP contribution is -1.87. The summed E-state index contributed by atoms with van der Waals surface area (Å²) >= 11 is 0. The molecule has 0 saturated heterocycles. The molecule has 0 bridgehead atoms. The quantitative estimate of drug-likeness (QED) is 0.0995. The van der Waals surface area contributed by atoms with Crippen LogP contribution in [0, 0.1) is 0 Å². The van der Waals surface area contributed by atoms with Crippen LogP contribution in [0.1, 0.15) is 90.9 Å². The number of aromatic nitrogens is 2. The van der Waals surface area contributed by atoms with Crippen molar-refractivity contribution in [2.75, 3.05) is 11.5 Å². The van der Waals surface area contributed by atoms with Crippen molar-refractivity contribution >= 4 is 43.2 Å². The van der Waals surface area contributed by atoms with Gasteiger partial charge in [-0.2, -0.15) is 0 Å². The van der Waals surface area contributed by atoms with Crippen LogP contribution in [-0.4, -0.2) is 21.5 Å². The zero-order valence-electron chi connectivity index (χ0n) is 16.6. The van der Waals surface area contributed by atoms with Gasteiger partial charge in [0.05, 0.1) is 0 Å². The summed E-state index contributed by atoms with van der Waals surface area (Å²) < 4.78 is 0. The molecule has 0 unspecified atom stereocenters. The Morgan fingerprint density at radius 2 is 1.23 bits per heavy atom. The van der Waals surface area contributed by atoms with Crippen molar-refractivity contribution < 1.29 is 0 Å². The molecule has 0 atom stereocenters. The average molecular weight is 433 g/mol. The first kappa shape index (κ1) is 24.5. The highest BCUT2D eigenvalue weighted by molar-refractivity contribution is 8.77.